The van der Waals surface area contributed by atoms with Crippen LogP contribution in [0, 0.1) is 11.8 Å². The summed E-state index contributed by atoms with van der Waals surface area (Å²) in [6, 6.07) is 0. The smallest absolute Gasteiger partial charge is 0.339 e. The Labute approximate surface area is 128 Å². The highest BCUT2D eigenvalue weighted by atomic mass is 16.6. The van der Waals surface area contributed by atoms with Crippen LogP contribution in [0.3, 0.4) is 0 Å². The van der Waals surface area contributed by atoms with E-state index in [1.54, 1.807) is 13.8 Å². The summed E-state index contributed by atoms with van der Waals surface area (Å²) in [4.78, 5) is 45.9. The van der Waals surface area contributed by atoms with E-state index >= 15 is 0 Å². The van der Waals surface area contributed by atoms with Crippen molar-refractivity contribution in [2.24, 2.45) is 11.8 Å². The van der Waals surface area contributed by atoms with Crippen molar-refractivity contribution in [1.82, 2.24) is 5.32 Å². The highest BCUT2D eigenvalue weighted by Crippen LogP contribution is 2.52. The Bertz CT molecular complexity index is 506. The Morgan fingerprint density at radius 1 is 1.41 bits per heavy atom. The normalized spacial score (nSPS) is 35.7. The van der Waals surface area contributed by atoms with Crippen LogP contribution in [0.25, 0.3) is 0 Å². The topological polar surface area (TPSA) is 110 Å². The number of fused-ring (bicyclic) bond motifs is 1. The van der Waals surface area contributed by atoms with Crippen molar-refractivity contribution >= 4 is 24.4 Å². The third kappa shape index (κ3) is 1.99. The number of unbranched alkanes of at least 4 members (excludes halogenated alkanes) is 1. The maximum atomic E-state index is 12.1. The Kier molecular flexibility index (Phi) is 4.37. The highest BCUT2D eigenvalue weighted by molar-refractivity contribution is 6.02. The average molecular weight is 311 g/mol. The lowest BCUT2D eigenvalue weighted by Gasteiger charge is -2.54. The van der Waals surface area contributed by atoms with Crippen LogP contribution < -0.4 is 5.32 Å². The fraction of sp³-hybridized carbons (Fsp3) is 0.733. The molecule has 22 heavy (non-hydrogen) atoms. The monoisotopic (exact) mass is 311 g/mol. The van der Waals surface area contributed by atoms with E-state index in [2.05, 4.69) is 5.32 Å². The van der Waals surface area contributed by atoms with Crippen LogP contribution in [-0.2, 0) is 23.9 Å². The van der Waals surface area contributed by atoms with Crippen LogP contribution in [0.15, 0.2) is 0 Å². The molecule has 1 unspecified atom stereocenters. The van der Waals surface area contributed by atoms with Crippen molar-refractivity contribution in [3.63, 3.8) is 0 Å². The van der Waals surface area contributed by atoms with Crippen LogP contribution in [0.2, 0.25) is 0 Å². The molecule has 0 bridgehead atoms. The van der Waals surface area contributed by atoms with Crippen molar-refractivity contribution < 1.29 is 29.0 Å². The summed E-state index contributed by atoms with van der Waals surface area (Å²) in [5, 5.41) is 13.2. The summed E-state index contributed by atoms with van der Waals surface area (Å²) >= 11 is 0. The van der Waals surface area contributed by atoms with Crippen LogP contribution >= 0.6 is 0 Å². The predicted molar refractivity (Wildman–Crippen MR) is 74.6 cm³/mol. The van der Waals surface area contributed by atoms with Gasteiger partial charge in [0.05, 0.1) is 5.92 Å². The molecule has 0 aromatic carbocycles. The summed E-state index contributed by atoms with van der Waals surface area (Å²) < 4.78 is 5.21. The second-order valence-electron chi connectivity index (χ2n) is 6.10. The van der Waals surface area contributed by atoms with Gasteiger partial charge in [0.25, 0.3) is 0 Å². The molecule has 7 nitrogen and oxygen atoms in total. The number of rotatable bonds is 8. The number of ether oxygens (including phenoxy) is 1. The molecule has 1 amide bonds. The fourth-order valence-corrected chi connectivity index (χ4v) is 3.68. The molecule has 2 saturated heterocycles. The molecule has 2 fully saturated rings. The first-order valence-electron chi connectivity index (χ1n) is 7.51. The SMILES string of the molecule is CC[C@H]1C(=O)N[C@@]2([C@@H](O)C(C=O)CCCC=O)C(=O)O[C@@]12C. The summed E-state index contributed by atoms with van der Waals surface area (Å²) in [6.45, 7) is 3.41. The Morgan fingerprint density at radius 2 is 2.09 bits per heavy atom. The summed E-state index contributed by atoms with van der Waals surface area (Å²) in [5.41, 5.74) is -2.72. The molecule has 0 radical (unpaired) electrons. The van der Waals surface area contributed by atoms with Gasteiger partial charge >= 0.3 is 5.97 Å². The first-order chi connectivity index (χ1) is 10.4. The van der Waals surface area contributed by atoms with Gasteiger partial charge in [0, 0.05) is 12.3 Å². The van der Waals surface area contributed by atoms with Gasteiger partial charge in [-0.2, -0.15) is 0 Å². The second-order valence-corrected chi connectivity index (χ2v) is 6.10. The predicted octanol–water partition coefficient (Wildman–Crippen LogP) is -0.258. The molecule has 5 atom stereocenters. The zero-order valence-corrected chi connectivity index (χ0v) is 12.7. The van der Waals surface area contributed by atoms with Gasteiger partial charge in [0.1, 0.15) is 18.7 Å². The maximum Gasteiger partial charge on any atom is 0.339 e. The number of nitrogens with one attached hydrogen (secondary N) is 1. The first kappa shape index (κ1) is 16.6. The number of esters is 1. The molecule has 0 aromatic rings. The van der Waals surface area contributed by atoms with E-state index in [9.17, 15) is 24.3 Å². The van der Waals surface area contributed by atoms with E-state index in [0.29, 0.717) is 19.1 Å². The van der Waals surface area contributed by atoms with Gasteiger partial charge in [-0.05, 0) is 26.2 Å². The van der Waals surface area contributed by atoms with Crippen molar-refractivity contribution in [2.45, 2.75) is 56.8 Å². The van der Waals surface area contributed by atoms with Gasteiger partial charge in [-0.3, -0.25) is 4.79 Å². The van der Waals surface area contributed by atoms with Crippen LogP contribution in [0.1, 0.15) is 39.5 Å². The number of amides is 1. The standard InChI is InChI=1S/C15H21NO6/c1-3-10-12(20)16-15(13(21)22-14(10,15)2)11(19)9(8-18)6-4-5-7-17/h7-11,19H,3-6H2,1-2H3,(H,16,20)/t9?,10-,11-,14-,15-/m0/s1. The number of aliphatic hydroxyl groups is 1. The van der Waals surface area contributed by atoms with Gasteiger partial charge in [-0.1, -0.05) is 6.92 Å². The number of hydrogen-bond acceptors (Lipinski definition) is 6. The van der Waals surface area contributed by atoms with Crippen molar-refractivity contribution in [2.75, 3.05) is 0 Å². The van der Waals surface area contributed by atoms with Crippen molar-refractivity contribution in [3.8, 4) is 0 Å². The molecule has 2 aliphatic rings. The summed E-state index contributed by atoms with van der Waals surface area (Å²) in [6.07, 6.45) is 1.36. The lowest BCUT2D eigenvalue weighted by atomic mass is 9.65. The van der Waals surface area contributed by atoms with Gasteiger partial charge in [-0.15, -0.1) is 0 Å². The minimum absolute atomic E-state index is 0.265. The van der Waals surface area contributed by atoms with E-state index in [-0.39, 0.29) is 18.7 Å². The maximum absolute atomic E-state index is 12.1. The number of carbonyl (C=O) groups is 4. The molecule has 2 aliphatic heterocycles. The highest BCUT2D eigenvalue weighted by Gasteiger charge is 2.79. The Hall–Kier alpha value is -1.76. The van der Waals surface area contributed by atoms with Crippen molar-refractivity contribution in [3.05, 3.63) is 0 Å². The molecule has 0 aromatic heterocycles. The molecule has 2 heterocycles. The number of aliphatic hydroxyl groups excluding tert-OH is 1. The van der Waals surface area contributed by atoms with Crippen molar-refractivity contribution in [1.29, 1.82) is 0 Å². The van der Waals surface area contributed by atoms with E-state index in [1.807, 2.05) is 0 Å². The lowest BCUT2D eigenvalue weighted by Crippen LogP contribution is -2.80. The lowest BCUT2D eigenvalue weighted by molar-refractivity contribution is -0.238. The van der Waals surface area contributed by atoms with E-state index < -0.39 is 35.0 Å². The quantitative estimate of drug-likeness (QED) is 0.363. The minimum Gasteiger partial charge on any atom is -0.453 e. The zero-order chi connectivity index (χ0) is 16.5. The fourth-order valence-electron chi connectivity index (χ4n) is 3.68. The molecule has 2 N–H and O–H groups in total. The van der Waals surface area contributed by atoms with E-state index in [0.717, 1.165) is 6.29 Å². The van der Waals surface area contributed by atoms with Gasteiger partial charge < -0.3 is 24.7 Å². The zero-order valence-electron chi connectivity index (χ0n) is 12.7. The summed E-state index contributed by atoms with van der Waals surface area (Å²) in [7, 11) is 0. The number of aldehydes is 2. The van der Waals surface area contributed by atoms with Crippen LogP contribution in [0.4, 0.5) is 0 Å². The Balaban J connectivity index is 2.27. The average Bonchev–Trinajstić information content (AvgIpc) is 2.66. The summed E-state index contributed by atoms with van der Waals surface area (Å²) in [5.74, 6) is -2.47. The molecular weight excluding hydrogens is 290 g/mol. The molecule has 0 aliphatic carbocycles. The molecule has 2 rings (SSSR count). The van der Waals surface area contributed by atoms with E-state index in [1.165, 1.54) is 0 Å². The largest absolute Gasteiger partial charge is 0.453 e. The second kappa shape index (κ2) is 5.79. The minimum atomic E-state index is -1.57. The molecular formula is C15H21NO6. The van der Waals surface area contributed by atoms with Gasteiger partial charge in [-0.25, -0.2) is 4.79 Å². The Morgan fingerprint density at radius 3 is 2.59 bits per heavy atom. The molecule has 7 heteroatoms. The third-order valence-electron chi connectivity index (χ3n) is 5.00. The van der Waals surface area contributed by atoms with Crippen LogP contribution in [0.5, 0.6) is 0 Å². The molecule has 0 saturated carbocycles. The molecule has 0 spiro atoms. The number of hydrogen-bond donors (Lipinski definition) is 2. The third-order valence-corrected chi connectivity index (χ3v) is 5.00. The van der Waals surface area contributed by atoms with E-state index in [4.69, 9.17) is 4.74 Å². The van der Waals surface area contributed by atoms with Gasteiger partial charge in [0.15, 0.2) is 5.60 Å². The number of carbonyl (C=O) groups excluding carboxylic acids is 4. The van der Waals surface area contributed by atoms with Crippen LogP contribution in [-0.4, -0.2) is 46.8 Å². The first-order valence-corrected chi connectivity index (χ1v) is 7.51. The van der Waals surface area contributed by atoms with Gasteiger partial charge in [0.2, 0.25) is 11.4 Å². The molecule has 122 valence electrons.